The molecule has 2 aromatic rings. The van der Waals surface area contributed by atoms with Crippen LogP contribution in [0.2, 0.25) is 0 Å². The Balaban J connectivity index is 0.00000300. The molecule has 1 aromatic carbocycles. The molecule has 0 saturated carbocycles. The van der Waals surface area contributed by atoms with Crippen molar-refractivity contribution in [2.24, 2.45) is 4.99 Å². The van der Waals surface area contributed by atoms with E-state index in [1.54, 1.807) is 13.2 Å². The minimum atomic E-state index is -4.16. The molecule has 2 heterocycles. The summed E-state index contributed by atoms with van der Waals surface area (Å²) >= 11 is 0. The Bertz CT molecular complexity index is 779. The summed E-state index contributed by atoms with van der Waals surface area (Å²) in [5.41, 5.74) is 2.24. The molecule has 1 atom stereocenters. The zero-order valence-corrected chi connectivity index (χ0v) is 18.5. The van der Waals surface area contributed by atoms with Gasteiger partial charge >= 0.3 is 6.18 Å². The third-order valence-electron chi connectivity index (χ3n) is 4.59. The minimum absolute atomic E-state index is 0. The van der Waals surface area contributed by atoms with Crippen LogP contribution in [0.4, 0.5) is 13.2 Å². The van der Waals surface area contributed by atoms with Gasteiger partial charge in [-0.15, -0.1) is 24.0 Å². The van der Waals surface area contributed by atoms with E-state index in [4.69, 9.17) is 0 Å². The van der Waals surface area contributed by atoms with Gasteiger partial charge in [0.2, 0.25) is 0 Å². The van der Waals surface area contributed by atoms with Gasteiger partial charge in [-0.25, -0.2) is 0 Å². The summed E-state index contributed by atoms with van der Waals surface area (Å²) in [6.45, 7) is 1.21. The van der Waals surface area contributed by atoms with Crippen LogP contribution in [0, 0.1) is 0 Å². The number of benzene rings is 1. The van der Waals surface area contributed by atoms with E-state index < -0.39 is 12.7 Å². The molecular formula is C19H26F3IN6. The smallest absolute Gasteiger partial charge is 0.352 e. The topological polar surface area (TPSA) is 57.5 Å². The van der Waals surface area contributed by atoms with Crippen molar-refractivity contribution < 1.29 is 13.2 Å². The number of likely N-dealkylation sites (tertiary alicyclic amines) is 1. The molecule has 1 fully saturated rings. The number of guanidine groups is 1. The fraction of sp³-hybridized carbons (Fsp3) is 0.474. The fourth-order valence-corrected chi connectivity index (χ4v) is 3.34. The van der Waals surface area contributed by atoms with Crippen LogP contribution in [0.1, 0.15) is 17.5 Å². The first-order valence-corrected chi connectivity index (χ1v) is 9.23. The highest BCUT2D eigenvalue weighted by Crippen LogP contribution is 2.19. The maximum Gasteiger partial charge on any atom is 0.401 e. The zero-order valence-electron chi connectivity index (χ0n) is 16.2. The van der Waals surface area contributed by atoms with Crippen LogP contribution in [-0.2, 0) is 13.1 Å². The molecule has 6 nitrogen and oxygen atoms in total. The number of aromatic nitrogens is 2. The summed E-state index contributed by atoms with van der Waals surface area (Å²) in [5.74, 6) is 0.594. The predicted molar refractivity (Wildman–Crippen MR) is 117 cm³/mol. The van der Waals surface area contributed by atoms with Gasteiger partial charge in [-0.05, 0) is 23.6 Å². The SMILES string of the molecule is CN=C(NCc1cccc(Cn2cccn2)c1)NC1CCN(CC(F)(F)F)C1.I. The summed E-state index contributed by atoms with van der Waals surface area (Å²) in [4.78, 5) is 5.61. The lowest BCUT2D eigenvalue weighted by molar-refractivity contribution is -0.143. The lowest BCUT2D eigenvalue weighted by Crippen LogP contribution is -2.44. The molecule has 0 aliphatic carbocycles. The molecule has 0 radical (unpaired) electrons. The predicted octanol–water partition coefficient (Wildman–Crippen LogP) is 2.85. The van der Waals surface area contributed by atoms with Gasteiger partial charge < -0.3 is 10.6 Å². The molecule has 1 unspecified atom stereocenters. The summed E-state index contributed by atoms with van der Waals surface area (Å²) in [5, 5.41) is 10.7. The van der Waals surface area contributed by atoms with E-state index in [1.165, 1.54) is 4.90 Å². The van der Waals surface area contributed by atoms with Crippen molar-refractivity contribution in [1.29, 1.82) is 0 Å². The first-order chi connectivity index (χ1) is 13.4. The average Bonchev–Trinajstić information content (AvgIpc) is 3.29. The number of hydrogen-bond acceptors (Lipinski definition) is 3. The number of hydrogen-bond donors (Lipinski definition) is 2. The third kappa shape index (κ3) is 7.84. The molecule has 1 aliphatic heterocycles. The zero-order chi connectivity index (χ0) is 20.0. The van der Waals surface area contributed by atoms with Gasteiger partial charge in [-0.2, -0.15) is 18.3 Å². The van der Waals surface area contributed by atoms with Crippen LogP contribution < -0.4 is 10.6 Å². The van der Waals surface area contributed by atoms with Gasteiger partial charge in [0.15, 0.2) is 5.96 Å². The first kappa shape index (κ1) is 23.5. The Morgan fingerprint density at radius 2 is 2.07 bits per heavy atom. The maximum absolute atomic E-state index is 12.5. The Labute approximate surface area is 185 Å². The third-order valence-corrected chi connectivity index (χ3v) is 4.59. The van der Waals surface area contributed by atoms with Crippen LogP contribution in [0.5, 0.6) is 0 Å². The second-order valence-electron chi connectivity index (χ2n) is 6.93. The summed E-state index contributed by atoms with van der Waals surface area (Å²) in [7, 11) is 1.66. The van der Waals surface area contributed by atoms with Gasteiger partial charge in [0.05, 0.1) is 13.1 Å². The molecule has 160 valence electrons. The van der Waals surface area contributed by atoms with Crippen LogP contribution >= 0.6 is 24.0 Å². The van der Waals surface area contributed by atoms with Crippen molar-refractivity contribution in [2.45, 2.75) is 31.7 Å². The van der Waals surface area contributed by atoms with E-state index in [0.717, 1.165) is 11.1 Å². The van der Waals surface area contributed by atoms with Crippen LogP contribution in [0.15, 0.2) is 47.7 Å². The summed E-state index contributed by atoms with van der Waals surface area (Å²) in [6.07, 6.45) is 0.173. The molecule has 0 bridgehead atoms. The number of nitrogens with one attached hydrogen (secondary N) is 2. The molecule has 1 saturated heterocycles. The van der Waals surface area contributed by atoms with E-state index in [9.17, 15) is 13.2 Å². The van der Waals surface area contributed by atoms with Crippen molar-refractivity contribution in [3.8, 4) is 0 Å². The molecule has 3 rings (SSSR count). The highest BCUT2D eigenvalue weighted by Gasteiger charge is 2.34. The molecule has 0 amide bonds. The van der Waals surface area contributed by atoms with Gasteiger partial charge in [0.25, 0.3) is 0 Å². The molecule has 1 aliphatic rings. The normalized spacial score (nSPS) is 17.8. The summed E-state index contributed by atoms with van der Waals surface area (Å²) in [6, 6.07) is 10.0. The molecule has 1 aromatic heterocycles. The van der Waals surface area contributed by atoms with Gasteiger partial charge in [0, 0.05) is 45.1 Å². The Morgan fingerprint density at radius 3 is 2.76 bits per heavy atom. The van der Waals surface area contributed by atoms with E-state index >= 15 is 0 Å². The van der Waals surface area contributed by atoms with Crippen molar-refractivity contribution in [3.63, 3.8) is 0 Å². The van der Waals surface area contributed by atoms with Gasteiger partial charge in [-0.1, -0.05) is 24.3 Å². The van der Waals surface area contributed by atoms with Gasteiger partial charge in [0.1, 0.15) is 0 Å². The molecule has 2 N–H and O–H groups in total. The van der Waals surface area contributed by atoms with E-state index in [1.807, 2.05) is 35.1 Å². The molecular weight excluding hydrogens is 496 g/mol. The fourth-order valence-electron chi connectivity index (χ4n) is 3.34. The van der Waals surface area contributed by atoms with Crippen LogP contribution in [0.3, 0.4) is 0 Å². The number of rotatable bonds is 6. The standard InChI is InChI=1S/C19H25F3N6.HI/c1-23-18(26-17-6-9-27(13-17)14-19(20,21)22)24-11-15-4-2-5-16(10-15)12-28-8-3-7-25-28;/h2-5,7-8,10,17H,6,9,11-14H2,1H3,(H2,23,24,26);1H. The number of nitrogens with zero attached hydrogens (tertiary/aromatic N) is 4. The quantitative estimate of drug-likeness (QED) is 0.348. The van der Waals surface area contributed by atoms with E-state index in [0.29, 0.717) is 38.6 Å². The molecule has 10 heteroatoms. The Hall–Kier alpha value is -1.82. The second kappa shape index (κ2) is 10.8. The van der Waals surface area contributed by atoms with Crippen molar-refractivity contribution >= 4 is 29.9 Å². The molecule has 0 spiro atoms. The first-order valence-electron chi connectivity index (χ1n) is 9.23. The number of aliphatic imine (C=N–C) groups is 1. The Kier molecular flexibility index (Phi) is 8.75. The monoisotopic (exact) mass is 522 g/mol. The molecule has 29 heavy (non-hydrogen) atoms. The summed E-state index contributed by atoms with van der Waals surface area (Å²) < 4.78 is 39.4. The van der Waals surface area contributed by atoms with Crippen molar-refractivity contribution in [2.75, 3.05) is 26.7 Å². The lowest BCUT2D eigenvalue weighted by Gasteiger charge is -2.20. The van der Waals surface area contributed by atoms with Crippen LogP contribution in [0.25, 0.3) is 0 Å². The van der Waals surface area contributed by atoms with Crippen molar-refractivity contribution in [1.82, 2.24) is 25.3 Å². The van der Waals surface area contributed by atoms with Crippen LogP contribution in [-0.4, -0.2) is 59.5 Å². The number of alkyl halides is 3. The van der Waals surface area contributed by atoms with E-state index in [-0.39, 0.29) is 30.0 Å². The Morgan fingerprint density at radius 1 is 1.28 bits per heavy atom. The highest BCUT2D eigenvalue weighted by molar-refractivity contribution is 14.0. The second-order valence-corrected chi connectivity index (χ2v) is 6.93. The highest BCUT2D eigenvalue weighted by atomic mass is 127. The lowest BCUT2D eigenvalue weighted by atomic mass is 10.1. The van der Waals surface area contributed by atoms with Gasteiger partial charge in [-0.3, -0.25) is 14.6 Å². The van der Waals surface area contributed by atoms with E-state index in [2.05, 4.69) is 26.8 Å². The number of halogens is 4. The average molecular weight is 522 g/mol. The largest absolute Gasteiger partial charge is 0.401 e. The van der Waals surface area contributed by atoms with Crippen molar-refractivity contribution in [3.05, 3.63) is 53.9 Å². The maximum atomic E-state index is 12.5. The minimum Gasteiger partial charge on any atom is -0.352 e.